The average Bonchev–Trinajstić information content (AvgIpc) is 2.34. The number of nitriles is 1. The molecule has 2 rings (SSSR count). The monoisotopic (exact) mass is 302 g/mol. The molecule has 2 aromatic rings. The highest BCUT2D eigenvalue weighted by molar-refractivity contribution is 9.10. The van der Waals surface area contributed by atoms with E-state index < -0.39 is 0 Å². The summed E-state index contributed by atoms with van der Waals surface area (Å²) in [6, 6.07) is 9.39. The van der Waals surface area contributed by atoms with Gasteiger partial charge in [0.05, 0.1) is 23.1 Å². The minimum absolute atomic E-state index is 0.564. The Hall–Kier alpha value is -2.06. The van der Waals surface area contributed by atoms with Crippen molar-refractivity contribution in [1.82, 2.24) is 4.98 Å². The number of benzene rings is 1. The molecule has 0 fully saturated rings. The first-order valence-electron chi connectivity index (χ1n) is 5.29. The van der Waals surface area contributed by atoms with Crippen LogP contribution in [0.3, 0.4) is 0 Å². The van der Waals surface area contributed by atoms with Gasteiger partial charge in [-0.3, -0.25) is 0 Å². The van der Waals surface area contributed by atoms with Gasteiger partial charge < -0.3 is 11.1 Å². The molecule has 18 heavy (non-hydrogen) atoms. The second-order valence-corrected chi connectivity index (χ2v) is 4.77. The molecule has 0 amide bonds. The molecule has 0 spiro atoms. The SMILES string of the molecule is Cc1cc(Nc2cc(Br)ccc2C#N)ncc1N. The van der Waals surface area contributed by atoms with Crippen LogP contribution >= 0.6 is 15.9 Å². The van der Waals surface area contributed by atoms with Gasteiger partial charge in [0.2, 0.25) is 0 Å². The fourth-order valence-electron chi connectivity index (χ4n) is 1.49. The van der Waals surface area contributed by atoms with Crippen LogP contribution in [0.4, 0.5) is 17.2 Å². The summed E-state index contributed by atoms with van der Waals surface area (Å²) in [4.78, 5) is 4.18. The molecule has 0 bridgehead atoms. The number of anilines is 3. The first-order chi connectivity index (χ1) is 8.60. The summed E-state index contributed by atoms with van der Waals surface area (Å²) in [7, 11) is 0. The molecule has 0 aliphatic carbocycles. The van der Waals surface area contributed by atoms with Crippen LogP contribution in [-0.4, -0.2) is 4.98 Å². The normalized spacial score (nSPS) is 9.83. The molecule has 0 aliphatic heterocycles. The smallest absolute Gasteiger partial charge is 0.130 e. The topological polar surface area (TPSA) is 74.7 Å². The van der Waals surface area contributed by atoms with Crippen molar-refractivity contribution in [2.45, 2.75) is 6.92 Å². The Morgan fingerprint density at radius 2 is 2.17 bits per heavy atom. The van der Waals surface area contributed by atoms with Crippen LogP contribution in [0.1, 0.15) is 11.1 Å². The van der Waals surface area contributed by atoms with E-state index in [9.17, 15) is 0 Å². The Balaban J connectivity index is 2.36. The zero-order chi connectivity index (χ0) is 13.1. The lowest BCUT2D eigenvalue weighted by molar-refractivity contribution is 1.27. The third kappa shape index (κ3) is 2.60. The molecule has 0 unspecified atom stereocenters. The number of nitrogens with zero attached hydrogens (tertiary/aromatic N) is 2. The Morgan fingerprint density at radius 1 is 1.39 bits per heavy atom. The largest absolute Gasteiger partial charge is 0.397 e. The molecule has 3 N–H and O–H groups in total. The van der Waals surface area contributed by atoms with Gasteiger partial charge in [-0.15, -0.1) is 0 Å². The van der Waals surface area contributed by atoms with Crippen LogP contribution in [0.25, 0.3) is 0 Å². The molecule has 0 saturated carbocycles. The predicted octanol–water partition coefficient (Wildman–Crippen LogP) is 3.35. The Morgan fingerprint density at radius 3 is 2.83 bits per heavy atom. The fourth-order valence-corrected chi connectivity index (χ4v) is 1.85. The van der Waals surface area contributed by atoms with Crippen molar-refractivity contribution in [1.29, 1.82) is 5.26 Å². The van der Waals surface area contributed by atoms with Crippen molar-refractivity contribution in [2.75, 3.05) is 11.1 Å². The number of aryl methyl sites for hydroxylation is 1. The summed E-state index contributed by atoms with van der Waals surface area (Å²) in [6.07, 6.45) is 1.60. The van der Waals surface area contributed by atoms with Gasteiger partial charge in [0, 0.05) is 4.47 Å². The second-order valence-electron chi connectivity index (χ2n) is 3.85. The zero-order valence-electron chi connectivity index (χ0n) is 9.74. The molecular formula is C13H11BrN4. The lowest BCUT2D eigenvalue weighted by atomic mass is 10.2. The molecule has 0 aliphatic rings. The van der Waals surface area contributed by atoms with Crippen LogP contribution in [0.2, 0.25) is 0 Å². The van der Waals surface area contributed by atoms with E-state index in [4.69, 9.17) is 11.0 Å². The van der Waals surface area contributed by atoms with Gasteiger partial charge in [0.25, 0.3) is 0 Å². The van der Waals surface area contributed by atoms with Crippen LogP contribution in [-0.2, 0) is 0 Å². The summed E-state index contributed by atoms with van der Waals surface area (Å²) in [5, 5.41) is 12.2. The van der Waals surface area contributed by atoms with E-state index in [0.29, 0.717) is 22.8 Å². The molecule has 4 nitrogen and oxygen atoms in total. The van der Waals surface area contributed by atoms with Crippen LogP contribution in [0, 0.1) is 18.3 Å². The molecule has 0 atom stereocenters. The highest BCUT2D eigenvalue weighted by Crippen LogP contribution is 2.24. The van der Waals surface area contributed by atoms with E-state index in [-0.39, 0.29) is 0 Å². The highest BCUT2D eigenvalue weighted by Gasteiger charge is 2.05. The highest BCUT2D eigenvalue weighted by atomic mass is 79.9. The number of pyridine rings is 1. The van der Waals surface area contributed by atoms with Crippen molar-refractivity contribution in [3.8, 4) is 6.07 Å². The number of aromatic nitrogens is 1. The van der Waals surface area contributed by atoms with E-state index in [2.05, 4.69) is 32.3 Å². The first kappa shape index (κ1) is 12.4. The predicted molar refractivity (Wildman–Crippen MR) is 75.5 cm³/mol. The number of nitrogens with two attached hydrogens (primary N) is 1. The molecule has 0 saturated heterocycles. The van der Waals surface area contributed by atoms with Gasteiger partial charge in [-0.25, -0.2) is 4.98 Å². The van der Waals surface area contributed by atoms with Gasteiger partial charge in [-0.1, -0.05) is 15.9 Å². The molecule has 1 aromatic carbocycles. The maximum Gasteiger partial charge on any atom is 0.130 e. The molecule has 90 valence electrons. The van der Waals surface area contributed by atoms with E-state index in [1.54, 1.807) is 12.3 Å². The number of hydrogen-bond donors (Lipinski definition) is 2. The molecular weight excluding hydrogens is 292 g/mol. The van der Waals surface area contributed by atoms with Gasteiger partial charge >= 0.3 is 0 Å². The van der Waals surface area contributed by atoms with E-state index in [1.807, 2.05) is 25.1 Å². The summed E-state index contributed by atoms with van der Waals surface area (Å²) in [5.41, 5.74) is 8.58. The van der Waals surface area contributed by atoms with Crippen molar-refractivity contribution >= 4 is 33.1 Å². The minimum atomic E-state index is 0.564. The minimum Gasteiger partial charge on any atom is -0.397 e. The van der Waals surface area contributed by atoms with Crippen LogP contribution in [0.15, 0.2) is 34.9 Å². The third-order valence-corrected chi connectivity index (χ3v) is 3.01. The maximum absolute atomic E-state index is 9.04. The Kier molecular flexibility index (Phi) is 3.49. The lowest BCUT2D eigenvalue weighted by Crippen LogP contribution is -1.98. The second kappa shape index (κ2) is 5.07. The average molecular weight is 303 g/mol. The number of nitrogen functional groups attached to an aromatic ring is 1. The summed E-state index contributed by atoms with van der Waals surface area (Å²) >= 11 is 3.38. The Bertz CT molecular complexity index is 631. The zero-order valence-corrected chi connectivity index (χ0v) is 11.3. The summed E-state index contributed by atoms with van der Waals surface area (Å²) in [5.74, 6) is 0.663. The number of rotatable bonds is 2. The van der Waals surface area contributed by atoms with Crippen molar-refractivity contribution in [3.63, 3.8) is 0 Å². The van der Waals surface area contributed by atoms with Gasteiger partial charge in [0.1, 0.15) is 11.9 Å². The molecule has 5 heteroatoms. The van der Waals surface area contributed by atoms with Gasteiger partial charge in [0.15, 0.2) is 0 Å². The number of halogens is 1. The number of nitrogens with one attached hydrogen (secondary N) is 1. The Labute approximate surface area is 114 Å². The molecule has 0 radical (unpaired) electrons. The first-order valence-corrected chi connectivity index (χ1v) is 6.08. The van der Waals surface area contributed by atoms with Crippen molar-refractivity contribution < 1.29 is 0 Å². The molecule has 1 aromatic heterocycles. The lowest BCUT2D eigenvalue weighted by Gasteiger charge is -2.09. The van der Waals surface area contributed by atoms with E-state index >= 15 is 0 Å². The standard InChI is InChI=1S/C13H11BrN4/c1-8-4-13(17-7-11(8)16)18-12-5-10(14)3-2-9(12)6-15/h2-5,7H,16H2,1H3,(H,17,18). The van der Waals surface area contributed by atoms with E-state index in [1.165, 1.54) is 0 Å². The van der Waals surface area contributed by atoms with Gasteiger partial charge in [-0.2, -0.15) is 5.26 Å². The summed E-state index contributed by atoms with van der Waals surface area (Å²) < 4.78 is 0.899. The van der Waals surface area contributed by atoms with Crippen LogP contribution < -0.4 is 11.1 Å². The quantitative estimate of drug-likeness (QED) is 0.892. The van der Waals surface area contributed by atoms with Crippen molar-refractivity contribution in [2.24, 2.45) is 0 Å². The van der Waals surface area contributed by atoms with E-state index in [0.717, 1.165) is 10.0 Å². The maximum atomic E-state index is 9.04. The fraction of sp³-hybridized carbons (Fsp3) is 0.0769. The summed E-state index contributed by atoms with van der Waals surface area (Å²) in [6.45, 7) is 1.91. The number of hydrogen-bond acceptors (Lipinski definition) is 4. The van der Waals surface area contributed by atoms with Gasteiger partial charge in [-0.05, 0) is 36.8 Å². The van der Waals surface area contributed by atoms with Crippen LogP contribution in [0.5, 0.6) is 0 Å². The van der Waals surface area contributed by atoms with Crippen molar-refractivity contribution in [3.05, 3.63) is 46.1 Å². The molecule has 1 heterocycles. The third-order valence-electron chi connectivity index (χ3n) is 2.52.